The lowest BCUT2D eigenvalue weighted by molar-refractivity contribution is 0.267. The lowest BCUT2D eigenvalue weighted by Crippen LogP contribution is -2.24. The molecule has 1 aromatic carbocycles. The molecule has 2 rings (SSSR count). The third-order valence-corrected chi connectivity index (χ3v) is 4.32. The molecule has 1 N–H and O–H groups in total. The van der Waals surface area contributed by atoms with Crippen LogP contribution in [0.25, 0.3) is 0 Å². The minimum absolute atomic E-state index is 0.346. The number of hydrogen-bond acceptors (Lipinski definition) is 3. The van der Waals surface area contributed by atoms with Crippen molar-refractivity contribution in [3.63, 3.8) is 0 Å². The number of nitrogens with zero attached hydrogens (tertiary/aromatic N) is 1. The van der Waals surface area contributed by atoms with E-state index in [9.17, 15) is 5.11 Å². The summed E-state index contributed by atoms with van der Waals surface area (Å²) in [6, 6.07) is 5.60. The van der Waals surface area contributed by atoms with Crippen LogP contribution >= 0.6 is 0 Å². The van der Waals surface area contributed by atoms with Gasteiger partial charge in [0.2, 0.25) is 0 Å². The Labute approximate surface area is 122 Å². The summed E-state index contributed by atoms with van der Waals surface area (Å²) in [5, 5.41) is 10.1. The fourth-order valence-electron chi connectivity index (χ4n) is 3.13. The van der Waals surface area contributed by atoms with Gasteiger partial charge in [0.25, 0.3) is 0 Å². The van der Waals surface area contributed by atoms with E-state index in [-0.39, 0.29) is 0 Å². The van der Waals surface area contributed by atoms with Crippen LogP contribution in [0.3, 0.4) is 0 Å². The number of phenols is 1. The quantitative estimate of drug-likeness (QED) is 0.888. The summed E-state index contributed by atoms with van der Waals surface area (Å²) in [7, 11) is 1.62. The Morgan fingerprint density at radius 1 is 1.30 bits per heavy atom. The Hall–Kier alpha value is -1.22. The van der Waals surface area contributed by atoms with Crippen molar-refractivity contribution in [2.24, 2.45) is 5.92 Å². The normalized spacial score (nSPS) is 20.6. The molecular weight excluding hydrogens is 250 g/mol. The molecule has 1 fully saturated rings. The van der Waals surface area contributed by atoms with Gasteiger partial charge >= 0.3 is 0 Å². The first kappa shape index (κ1) is 15.2. The molecule has 0 spiro atoms. The van der Waals surface area contributed by atoms with Crippen LogP contribution in [0.5, 0.6) is 11.5 Å². The molecule has 0 saturated carbocycles. The molecule has 1 atom stereocenters. The predicted molar refractivity (Wildman–Crippen MR) is 82.2 cm³/mol. The zero-order chi connectivity index (χ0) is 14.4. The molecule has 1 aromatic rings. The van der Waals surface area contributed by atoms with Gasteiger partial charge in [0, 0.05) is 18.2 Å². The van der Waals surface area contributed by atoms with E-state index in [0.29, 0.717) is 11.5 Å². The van der Waals surface area contributed by atoms with Crippen molar-refractivity contribution in [1.82, 2.24) is 4.90 Å². The summed E-state index contributed by atoms with van der Waals surface area (Å²) >= 11 is 0. The van der Waals surface area contributed by atoms with Crippen molar-refractivity contribution in [2.75, 3.05) is 20.2 Å². The maximum absolute atomic E-state index is 10.1. The average Bonchev–Trinajstić information content (AvgIpc) is 2.67. The van der Waals surface area contributed by atoms with Crippen LogP contribution in [0.4, 0.5) is 0 Å². The minimum atomic E-state index is 0.346. The predicted octanol–water partition coefficient (Wildman–Crippen LogP) is 3.80. The van der Waals surface area contributed by atoms with Crippen molar-refractivity contribution in [2.45, 2.75) is 45.6 Å². The average molecular weight is 277 g/mol. The van der Waals surface area contributed by atoms with Crippen molar-refractivity contribution in [1.29, 1.82) is 0 Å². The molecule has 0 aromatic heterocycles. The summed E-state index contributed by atoms with van der Waals surface area (Å²) in [4.78, 5) is 2.47. The maximum Gasteiger partial charge on any atom is 0.123 e. The van der Waals surface area contributed by atoms with Gasteiger partial charge in [0.15, 0.2) is 0 Å². The van der Waals surface area contributed by atoms with Gasteiger partial charge in [-0.15, -0.1) is 0 Å². The number of ether oxygens (including phenoxy) is 1. The zero-order valence-corrected chi connectivity index (χ0v) is 12.8. The SMILES string of the molecule is CCCC1CCCN(Cc2ccc(OC)cc2O)CC1. The van der Waals surface area contributed by atoms with E-state index in [1.807, 2.05) is 12.1 Å². The lowest BCUT2D eigenvalue weighted by atomic mass is 9.96. The van der Waals surface area contributed by atoms with Crippen LogP contribution in [0, 0.1) is 5.92 Å². The van der Waals surface area contributed by atoms with E-state index in [2.05, 4.69) is 11.8 Å². The van der Waals surface area contributed by atoms with Crippen LogP contribution in [-0.2, 0) is 6.54 Å². The minimum Gasteiger partial charge on any atom is -0.507 e. The van der Waals surface area contributed by atoms with Crippen LogP contribution in [0.1, 0.15) is 44.6 Å². The van der Waals surface area contributed by atoms with Gasteiger partial charge in [-0.05, 0) is 44.3 Å². The summed E-state index contributed by atoms with van der Waals surface area (Å²) in [5.74, 6) is 1.96. The Bertz CT molecular complexity index is 419. The number of methoxy groups -OCH3 is 1. The number of likely N-dealkylation sites (tertiary alicyclic amines) is 1. The second-order valence-electron chi connectivity index (χ2n) is 5.86. The number of hydrogen-bond donors (Lipinski definition) is 1. The number of aromatic hydroxyl groups is 1. The molecule has 1 saturated heterocycles. The fraction of sp³-hybridized carbons (Fsp3) is 0.647. The molecule has 0 amide bonds. The Balaban J connectivity index is 1.93. The third-order valence-electron chi connectivity index (χ3n) is 4.32. The maximum atomic E-state index is 10.1. The third kappa shape index (κ3) is 4.14. The molecular formula is C17H27NO2. The van der Waals surface area contributed by atoms with E-state index < -0.39 is 0 Å². The van der Waals surface area contributed by atoms with Crippen LogP contribution in [0.2, 0.25) is 0 Å². The monoisotopic (exact) mass is 277 g/mol. The first-order valence-electron chi connectivity index (χ1n) is 7.81. The zero-order valence-electron chi connectivity index (χ0n) is 12.8. The highest BCUT2D eigenvalue weighted by Gasteiger charge is 2.17. The van der Waals surface area contributed by atoms with E-state index in [1.165, 1.54) is 32.1 Å². The molecule has 112 valence electrons. The van der Waals surface area contributed by atoms with Crippen LogP contribution in [0.15, 0.2) is 18.2 Å². The first-order valence-corrected chi connectivity index (χ1v) is 7.81. The summed E-state index contributed by atoms with van der Waals surface area (Å²) in [6.45, 7) is 5.41. The largest absolute Gasteiger partial charge is 0.507 e. The van der Waals surface area contributed by atoms with Gasteiger partial charge in [0.1, 0.15) is 11.5 Å². The molecule has 0 radical (unpaired) electrons. The first-order chi connectivity index (χ1) is 9.72. The van der Waals surface area contributed by atoms with Crippen LogP contribution < -0.4 is 4.74 Å². The van der Waals surface area contributed by atoms with Gasteiger partial charge < -0.3 is 9.84 Å². The second kappa shape index (κ2) is 7.53. The van der Waals surface area contributed by atoms with Crippen molar-refractivity contribution in [3.8, 4) is 11.5 Å². The Morgan fingerprint density at radius 3 is 2.85 bits per heavy atom. The molecule has 1 aliphatic rings. The number of benzene rings is 1. The molecule has 1 aliphatic heterocycles. The summed E-state index contributed by atoms with van der Waals surface area (Å²) in [6.07, 6.45) is 6.59. The smallest absolute Gasteiger partial charge is 0.123 e. The molecule has 3 nitrogen and oxygen atoms in total. The standard InChI is InChI=1S/C17H27NO2/c1-3-5-14-6-4-10-18(11-9-14)13-15-7-8-16(20-2)12-17(15)19/h7-8,12,14,19H,3-6,9-11,13H2,1-2H3. The molecule has 0 aliphatic carbocycles. The number of phenolic OH excluding ortho intramolecular Hbond substituents is 1. The molecule has 1 unspecified atom stereocenters. The van der Waals surface area contributed by atoms with Gasteiger partial charge in [0.05, 0.1) is 7.11 Å². The van der Waals surface area contributed by atoms with Crippen molar-refractivity contribution in [3.05, 3.63) is 23.8 Å². The topological polar surface area (TPSA) is 32.7 Å². The molecule has 1 heterocycles. The molecule has 3 heteroatoms. The summed E-state index contributed by atoms with van der Waals surface area (Å²) in [5.41, 5.74) is 1.000. The van der Waals surface area contributed by atoms with Crippen molar-refractivity contribution < 1.29 is 9.84 Å². The highest BCUT2D eigenvalue weighted by atomic mass is 16.5. The van der Waals surface area contributed by atoms with Gasteiger partial charge in [-0.2, -0.15) is 0 Å². The highest BCUT2D eigenvalue weighted by Crippen LogP contribution is 2.27. The fourth-order valence-corrected chi connectivity index (χ4v) is 3.13. The Morgan fingerprint density at radius 2 is 2.15 bits per heavy atom. The highest BCUT2D eigenvalue weighted by molar-refractivity contribution is 5.39. The molecule has 0 bridgehead atoms. The van der Waals surface area contributed by atoms with E-state index in [4.69, 9.17) is 4.74 Å². The van der Waals surface area contributed by atoms with Crippen LogP contribution in [-0.4, -0.2) is 30.2 Å². The van der Waals surface area contributed by atoms with E-state index >= 15 is 0 Å². The van der Waals surface area contributed by atoms with E-state index in [0.717, 1.165) is 31.1 Å². The van der Waals surface area contributed by atoms with E-state index in [1.54, 1.807) is 13.2 Å². The second-order valence-corrected chi connectivity index (χ2v) is 5.86. The van der Waals surface area contributed by atoms with Gasteiger partial charge in [-0.1, -0.05) is 25.8 Å². The van der Waals surface area contributed by atoms with Gasteiger partial charge in [-0.25, -0.2) is 0 Å². The Kier molecular flexibility index (Phi) is 5.72. The van der Waals surface area contributed by atoms with Gasteiger partial charge in [-0.3, -0.25) is 4.90 Å². The lowest BCUT2D eigenvalue weighted by Gasteiger charge is -2.21. The number of rotatable bonds is 5. The van der Waals surface area contributed by atoms with Crippen molar-refractivity contribution >= 4 is 0 Å². The summed E-state index contributed by atoms with van der Waals surface area (Å²) < 4.78 is 5.13. The molecule has 20 heavy (non-hydrogen) atoms.